The minimum Gasteiger partial charge on any atom is -0.315 e. The molecule has 0 bridgehead atoms. The first-order valence-corrected chi connectivity index (χ1v) is 9.28. The Morgan fingerprint density at radius 1 is 1.04 bits per heavy atom. The van der Waals surface area contributed by atoms with Crippen LogP contribution in [0, 0.1) is 0 Å². The van der Waals surface area contributed by atoms with Crippen molar-refractivity contribution in [3.8, 4) is 11.1 Å². The highest BCUT2D eigenvalue weighted by atomic mass is 32.2. The van der Waals surface area contributed by atoms with Crippen molar-refractivity contribution < 1.29 is 21.6 Å². The SMILES string of the molecule is CS(=O)(=O)c1cc(C(F)(F)F)ccc1-c1ccc(C2CNC2)cc1. The summed E-state index contributed by atoms with van der Waals surface area (Å²) in [6.45, 7) is 1.79. The molecular weight excluding hydrogens is 339 g/mol. The summed E-state index contributed by atoms with van der Waals surface area (Å²) in [4.78, 5) is -0.310. The predicted molar refractivity (Wildman–Crippen MR) is 85.6 cm³/mol. The second-order valence-electron chi connectivity index (χ2n) is 5.96. The summed E-state index contributed by atoms with van der Waals surface area (Å²) < 4.78 is 62.6. The quantitative estimate of drug-likeness (QED) is 0.917. The maximum absolute atomic E-state index is 12.9. The van der Waals surface area contributed by atoms with Gasteiger partial charge in [0.2, 0.25) is 0 Å². The van der Waals surface area contributed by atoms with E-state index < -0.39 is 21.6 Å². The second-order valence-corrected chi connectivity index (χ2v) is 7.94. The fourth-order valence-corrected chi connectivity index (χ4v) is 3.63. The zero-order valence-corrected chi connectivity index (χ0v) is 13.7. The zero-order valence-electron chi connectivity index (χ0n) is 12.9. The van der Waals surface area contributed by atoms with Crippen molar-refractivity contribution in [2.75, 3.05) is 19.3 Å². The lowest BCUT2D eigenvalue weighted by Crippen LogP contribution is -2.39. The molecule has 0 aromatic heterocycles. The van der Waals surface area contributed by atoms with Gasteiger partial charge < -0.3 is 5.32 Å². The number of sulfone groups is 1. The summed E-state index contributed by atoms with van der Waals surface area (Å²) in [5.41, 5.74) is 1.03. The summed E-state index contributed by atoms with van der Waals surface area (Å²) >= 11 is 0. The van der Waals surface area contributed by atoms with Gasteiger partial charge in [0.15, 0.2) is 9.84 Å². The topological polar surface area (TPSA) is 46.2 Å². The van der Waals surface area contributed by atoms with Gasteiger partial charge in [-0.25, -0.2) is 8.42 Å². The van der Waals surface area contributed by atoms with Gasteiger partial charge in [0.1, 0.15) is 0 Å². The van der Waals surface area contributed by atoms with E-state index in [1.165, 1.54) is 6.07 Å². The van der Waals surface area contributed by atoms with Crippen molar-refractivity contribution in [3.05, 3.63) is 53.6 Å². The third-order valence-corrected chi connectivity index (χ3v) is 5.32. The van der Waals surface area contributed by atoms with Crippen molar-refractivity contribution >= 4 is 9.84 Å². The molecule has 0 amide bonds. The van der Waals surface area contributed by atoms with Gasteiger partial charge in [0, 0.05) is 30.8 Å². The van der Waals surface area contributed by atoms with Crippen LogP contribution >= 0.6 is 0 Å². The summed E-state index contributed by atoms with van der Waals surface area (Å²) in [5, 5.41) is 3.17. The number of benzene rings is 2. The zero-order chi connectivity index (χ0) is 17.5. The van der Waals surface area contributed by atoms with Gasteiger partial charge >= 0.3 is 6.18 Å². The Bertz CT molecular complexity index is 854. The van der Waals surface area contributed by atoms with Crippen molar-refractivity contribution in [1.29, 1.82) is 0 Å². The van der Waals surface area contributed by atoms with E-state index in [9.17, 15) is 21.6 Å². The Labute approximate surface area is 138 Å². The molecule has 2 aromatic rings. The van der Waals surface area contributed by atoms with Crippen LogP contribution in [-0.2, 0) is 16.0 Å². The predicted octanol–water partition coefficient (Wildman–Crippen LogP) is 3.46. The van der Waals surface area contributed by atoms with E-state index >= 15 is 0 Å². The highest BCUT2D eigenvalue weighted by Crippen LogP contribution is 2.35. The van der Waals surface area contributed by atoms with E-state index in [-0.39, 0.29) is 10.5 Å². The van der Waals surface area contributed by atoms with E-state index in [1.807, 2.05) is 12.1 Å². The van der Waals surface area contributed by atoms with Crippen molar-refractivity contribution in [1.82, 2.24) is 5.32 Å². The number of hydrogen-bond acceptors (Lipinski definition) is 3. The molecule has 3 nitrogen and oxygen atoms in total. The van der Waals surface area contributed by atoms with Crippen LogP contribution in [0.3, 0.4) is 0 Å². The lowest BCUT2D eigenvalue weighted by atomic mass is 9.92. The first-order valence-electron chi connectivity index (χ1n) is 7.38. The molecule has 3 rings (SSSR count). The van der Waals surface area contributed by atoms with Gasteiger partial charge in [-0.3, -0.25) is 0 Å². The fraction of sp³-hybridized carbons (Fsp3) is 0.294. The average Bonchev–Trinajstić information content (AvgIpc) is 2.44. The standard InChI is InChI=1S/C17H16F3NO2S/c1-24(22,23)16-8-14(17(18,19)20)6-7-15(16)12-4-2-11(3-5-12)13-9-21-10-13/h2-8,13,21H,9-10H2,1H3. The molecule has 1 aliphatic rings. The first-order chi connectivity index (χ1) is 11.2. The molecule has 1 fully saturated rings. The Hall–Kier alpha value is -1.86. The van der Waals surface area contributed by atoms with Crippen LogP contribution in [0.15, 0.2) is 47.4 Å². The highest BCUT2D eigenvalue weighted by molar-refractivity contribution is 7.90. The normalized spacial score (nSPS) is 16.0. The molecular formula is C17H16F3NO2S. The molecule has 0 unspecified atom stereocenters. The maximum atomic E-state index is 12.9. The Kier molecular flexibility index (Phi) is 4.17. The summed E-state index contributed by atoms with van der Waals surface area (Å²) in [5.74, 6) is 0.432. The van der Waals surface area contributed by atoms with E-state index in [2.05, 4.69) is 5.32 Å². The van der Waals surface area contributed by atoms with E-state index in [1.54, 1.807) is 12.1 Å². The number of rotatable bonds is 3. The molecule has 0 spiro atoms. The number of hydrogen-bond donors (Lipinski definition) is 1. The largest absolute Gasteiger partial charge is 0.416 e. The maximum Gasteiger partial charge on any atom is 0.416 e. The molecule has 0 radical (unpaired) electrons. The van der Waals surface area contributed by atoms with Gasteiger partial charge in [-0.1, -0.05) is 30.3 Å². The third-order valence-electron chi connectivity index (χ3n) is 4.18. The van der Waals surface area contributed by atoms with Gasteiger partial charge in [-0.05, 0) is 23.3 Å². The molecule has 1 N–H and O–H groups in total. The summed E-state index contributed by atoms with van der Waals surface area (Å²) in [6.07, 6.45) is -3.67. The first kappa shape index (κ1) is 17.0. The van der Waals surface area contributed by atoms with Crippen LogP contribution in [0.5, 0.6) is 0 Å². The molecule has 7 heteroatoms. The van der Waals surface area contributed by atoms with Crippen molar-refractivity contribution in [2.45, 2.75) is 17.0 Å². The lowest BCUT2D eigenvalue weighted by Gasteiger charge is -2.27. The molecule has 1 aliphatic heterocycles. The minimum atomic E-state index is -4.58. The lowest BCUT2D eigenvalue weighted by molar-refractivity contribution is -0.137. The molecule has 0 saturated carbocycles. The fourth-order valence-electron chi connectivity index (χ4n) is 2.70. The molecule has 128 valence electrons. The van der Waals surface area contributed by atoms with E-state index in [0.29, 0.717) is 17.5 Å². The monoisotopic (exact) mass is 355 g/mol. The van der Waals surface area contributed by atoms with Crippen LogP contribution < -0.4 is 5.32 Å². The van der Waals surface area contributed by atoms with E-state index in [4.69, 9.17) is 0 Å². The molecule has 0 aliphatic carbocycles. The smallest absolute Gasteiger partial charge is 0.315 e. The van der Waals surface area contributed by atoms with Crippen LogP contribution in [0.2, 0.25) is 0 Å². The second kappa shape index (κ2) is 5.89. The third kappa shape index (κ3) is 3.32. The van der Waals surface area contributed by atoms with Gasteiger partial charge in [-0.15, -0.1) is 0 Å². The van der Waals surface area contributed by atoms with Crippen LogP contribution in [0.4, 0.5) is 13.2 Å². The molecule has 0 atom stereocenters. The summed E-state index contributed by atoms with van der Waals surface area (Å²) in [7, 11) is -3.79. The Morgan fingerprint density at radius 2 is 1.67 bits per heavy atom. The van der Waals surface area contributed by atoms with E-state index in [0.717, 1.165) is 31.0 Å². The Morgan fingerprint density at radius 3 is 2.12 bits per heavy atom. The van der Waals surface area contributed by atoms with Crippen molar-refractivity contribution in [3.63, 3.8) is 0 Å². The van der Waals surface area contributed by atoms with Crippen LogP contribution in [0.25, 0.3) is 11.1 Å². The number of alkyl halides is 3. The number of halogens is 3. The van der Waals surface area contributed by atoms with Crippen LogP contribution in [0.1, 0.15) is 17.0 Å². The highest BCUT2D eigenvalue weighted by Gasteiger charge is 2.32. The van der Waals surface area contributed by atoms with Gasteiger partial charge in [0.25, 0.3) is 0 Å². The Balaban J connectivity index is 2.06. The van der Waals surface area contributed by atoms with Gasteiger partial charge in [0.05, 0.1) is 10.5 Å². The summed E-state index contributed by atoms with van der Waals surface area (Å²) in [6, 6.07) is 10.1. The number of nitrogens with one attached hydrogen (secondary N) is 1. The van der Waals surface area contributed by atoms with Crippen molar-refractivity contribution in [2.24, 2.45) is 0 Å². The average molecular weight is 355 g/mol. The van der Waals surface area contributed by atoms with Gasteiger partial charge in [-0.2, -0.15) is 13.2 Å². The van der Waals surface area contributed by atoms with Crippen LogP contribution in [-0.4, -0.2) is 27.8 Å². The molecule has 1 saturated heterocycles. The molecule has 2 aromatic carbocycles. The molecule has 1 heterocycles. The minimum absolute atomic E-state index is 0.281. The molecule has 24 heavy (non-hydrogen) atoms.